The third-order valence-electron chi connectivity index (χ3n) is 11.7. The van der Waals surface area contributed by atoms with Gasteiger partial charge in [-0.2, -0.15) is 0 Å². The zero-order chi connectivity index (χ0) is 35.8. The molecule has 1 N–H and O–H groups in total. The monoisotopic (exact) mass is 684 g/mol. The Balaban J connectivity index is 1.15. The van der Waals surface area contributed by atoms with Gasteiger partial charge in [0.2, 0.25) is 0 Å². The van der Waals surface area contributed by atoms with Crippen LogP contribution in [0.15, 0.2) is 157 Å². The van der Waals surface area contributed by atoms with Crippen LogP contribution in [0.5, 0.6) is 0 Å². The largest absolute Gasteiger partial charge is 0.378 e. The molecule has 0 bridgehead atoms. The molecule has 4 aromatic rings. The molecule has 266 valence electrons. The predicted molar refractivity (Wildman–Crippen MR) is 225 cm³/mol. The molecule has 0 spiro atoms. The average Bonchev–Trinajstić information content (AvgIpc) is 3.23. The lowest BCUT2D eigenvalue weighted by molar-refractivity contribution is 0.508. The second-order valence-electron chi connectivity index (χ2n) is 15.6. The minimum Gasteiger partial charge on any atom is -0.378 e. The Morgan fingerprint density at radius 2 is 1.52 bits per heavy atom. The van der Waals surface area contributed by atoms with Crippen LogP contribution < -0.4 is 10.2 Å². The molecular formula is C50H56N2. The molecule has 2 nitrogen and oxygen atoms in total. The lowest BCUT2D eigenvalue weighted by Gasteiger charge is -2.38. The number of hydrogen-bond acceptors (Lipinski definition) is 2. The number of nitrogens with zero attached hydrogens (tertiary/aromatic N) is 1. The summed E-state index contributed by atoms with van der Waals surface area (Å²) in [6.45, 7) is 8.87. The van der Waals surface area contributed by atoms with Crippen LogP contribution in [0.1, 0.15) is 99.8 Å². The number of hydrogen-bond donors (Lipinski definition) is 1. The normalized spacial score (nSPS) is 24.9. The van der Waals surface area contributed by atoms with E-state index in [0.29, 0.717) is 17.8 Å². The first-order chi connectivity index (χ1) is 25.5. The molecule has 0 radical (unpaired) electrons. The SMILES string of the molecule is CCC1C/C(c2cccc([C@H]3C=CC=CC3)c2)=C\CN(c2ccccc2)CC(C)(Nc2ccc(C3=CCC(c4ccccc4)CC3)cc2)CC=C1C. The average molecular weight is 685 g/mol. The van der Waals surface area contributed by atoms with Gasteiger partial charge < -0.3 is 10.2 Å². The third kappa shape index (κ3) is 8.79. The highest BCUT2D eigenvalue weighted by molar-refractivity contribution is 5.69. The summed E-state index contributed by atoms with van der Waals surface area (Å²) < 4.78 is 0. The van der Waals surface area contributed by atoms with Gasteiger partial charge in [0.05, 0.1) is 5.54 Å². The number of nitrogens with one attached hydrogen (secondary N) is 1. The quantitative estimate of drug-likeness (QED) is 0.186. The van der Waals surface area contributed by atoms with Crippen LogP contribution in [0.2, 0.25) is 0 Å². The fraction of sp³-hybridized carbons (Fsp3) is 0.320. The van der Waals surface area contributed by atoms with E-state index in [0.717, 1.165) is 51.6 Å². The topological polar surface area (TPSA) is 15.3 Å². The van der Waals surface area contributed by atoms with E-state index >= 15 is 0 Å². The van der Waals surface area contributed by atoms with Gasteiger partial charge in [-0.3, -0.25) is 0 Å². The van der Waals surface area contributed by atoms with Gasteiger partial charge >= 0.3 is 0 Å². The van der Waals surface area contributed by atoms with Crippen molar-refractivity contribution in [3.63, 3.8) is 0 Å². The van der Waals surface area contributed by atoms with Crippen molar-refractivity contribution in [2.24, 2.45) is 5.92 Å². The maximum Gasteiger partial charge on any atom is 0.0554 e. The molecule has 52 heavy (non-hydrogen) atoms. The molecule has 0 fully saturated rings. The van der Waals surface area contributed by atoms with E-state index in [1.165, 1.54) is 56.8 Å². The highest BCUT2D eigenvalue weighted by atomic mass is 15.2. The maximum absolute atomic E-state index is 4.05. The molecule has 3 unspecified atom stereocenters. The minimum atomic E-state index is -0.178. The number of anilines is 2. The highest BCUT2D eigenvalue weighted by Crippen LogP contribution is 2.37. The lowest BCUT2D eigenvalue weighted by atomic mass is 9.83. The van der Waals surface area contributed by atoms with E-state index in [4.69, 9.17) is 0 Å². The second-order valence-corrected chi connectivity index (χ2v) is 15.6. The van der Waals surface area contributed by atoms with Crippen LogP contribution in [0.4, 0.5) is 11.4 Å². The van der Waals surface area contributed by atoms with Gasteiger partial charge in [-0.25, -0.2) is 0 Å². The second kappa shape index (κ2) is 16.7. The number of benzene rings is 4. The van der Waals surface area contributed by atoms with E-state index in [2.05, 4.69) is 183 Å². The number of rotatable bonds is 8. The summed E-state index contributed by atoms with van der Waals surface area (Å²) in [6.07, 6.45) is 24.2. The Bertz CT molecular complexity index is 1930. The highest BCUT2D eigenvalue weighted by Gasteiger charge is 2.28. The van der Waals surface area contributed by atoms with Gasteiger partial charge in [0.1, 0.15) is 0 Å². The van der Waals surface area contributed by atoms with Crippen LogP contribution in [0, 0.1) is 5.92 Å². The van der Waals surface area contributed by atoms with E-state index < -0.39 is 0 Å². The van der Waals surface area contributed by atoms with E-state index in [9.17, 15) is 0 Å². The van der Waals surface area contributed by atoms with Crippen molar-refractivity contribution in [1.82, 2.24) is 0 Å². The van der Waals surface area contributed by atoms with E-state index in [1.807, 2.05) is 0 Å². The van der Waals surface area contributed by atoms with Crippen molar-refractivity contribution in [1.29, 1.82) is 0 Å². The number of allylic oxidation sites excluding steroid dienone is 8. The van der Waals surface area contributed by atoms with Crippen LogP contribution >= 0.6 is 0 Å². The summed E-state index contributed by atoms with van der Waals surface area (Å²) in [6, 6.07) is 40.6. The molecule has 3 aliphatic rings. The molecular weight excluding hydrogens is 629 g/mol. The lowest BCUT2D eigenvalue weighted by Crippen LogP contribution is -2.46. The zero-order valence-electron chi connectivity index (χ0n) is 31.5. The van der Waals surface area contributed by atoms with Gasteiger partial charge in [0, 0.05) is 30.4 Å². The van der Waals surface area contributed by atoms with Crippen molar-refractivity contribution in [2.75, 3.05) is 23.3 Å². The summed E-state index contributed by atoms with van der Waals surface area (Å²) in [5, 5.41) is 4.05. The van der Waals surface area contributed by atoms with Gasteiger partial charge in [0.25, 0.3) is 0 Å². The molecule has 7 rings (SSSR count). The molecule has 2 aliphatic carbocycles. The summed E-state index contributed by atoms with van der Waals surface area (Å²) in [5.41, 5.74) is 12.3. The first-order valence-electron chi connectivity index (χ1n) is 19.7. The molecule has 1 heterocycles. The summed E-state index contributed by atoms with van der Waals surface area (Å²) in [7, 11) is 0. The van der Waals surface area contributed by atoms with E-state index in [-0.39, 0.29) is 5.54 Å². The zero-order valence-corrected chi connectivity index (χ0v) is 31.5. The summed E-state index contributed by atoms with van der Waals surface area (Å²) >= 11 is 0. The molecule has 0 saturated carbocycles. The Hall–Kier alpha value is -4.82. The Morgan fingerprint density at radius 1 is 0.750 bits per heavy atom. The van der Waals surface area contributed by atoms with Crippen LogP contribution in [-0.4, -0.2) is 18.6 Å². The van der Waals surface area contributed by atoms with Crippen LogP contribution in [0.25, 0.3) is 11.1 Å². The van der Waals surface area contributed by atoms with Crippen molar-refractivity contribution in [2.45, 2.75) is 83.1 Å². The molecule has 1 aliphatic heterocycles. The van der Waals surface area contributed by atoms with Crippen molar-refractivity contribution < 1.29 is 0 Å². The van der Waals surface area contributed by atoms with E-state index in [1.54, 1.807) is 0 Å². The fourth-order valence-corrected chi connectivity index (χ4v) is 8.50. The molecule has 0 aromatic heterocycles. The Morgan fingerprint density at radius 3 is 2.23 bits per heavy atom. The Kier molecular flexibility index (Phi) is 11.4. The summed E-state index contributed by atoms with van der Waals surface area (Å²) in [5.74, 6) is 1.58. The molecule has 0 amide bonds. The first-order valence-corrected chi connectivity index (χ1v) is 19.7. The molecule has 4 atom stereocenters. The first kappa shape index (κ1) is 35.6. The van der Waals surface area contributed by atoms with Crippen molar-refractivity contribution >= 4 is 22.5 Å². The molecule has 0 saturated heterocycles. The van der Waals surface area contributed by atoms with Crippen molar-refractivity contribution in [3.05, 3.63) is 180 Å². The third-order valence-corrected chi connectivity index (χ3v) is 11.7. The molecule has 4 aromatic carbocycles. The maximum atomic E-state index is 4.05. The van der Waals surface area contributed by atoms with Crippen LogP contribution in [-0.2, 0) is 0 Å². The molecule has 2 heteroatoms. The minimum absolute atomic E-state index is 0.178. The number of para-hydroxylation sites is 1. The summed E-state index contributed by atoms with van der Waals surface area (Å²) in [4.78, 5) is 2.57. The fourth-order valence-electron chi connectivity index (χ4n) is 8.50. The van der Waals surface area contributed by atoms with Gasteiger partial charge in [0.15, 0.2) is 0 Å². The van der Waals surface area contributed by atoms with Gasteiger partial charge in [-0.15, -0.1) is 0 Å². The van der Waals surface area contributed by atoms with Gasteiger partial charge in [-0.1, -0.05) is 140 Å². The predicted octanol–water partition coefficient (Wildman–Crippen LogP) is 13.2. The standard InChI is InChI=1S/C50H56N2/c1-4-39-35-47(46-20-14-19-45(36-46)41-17-10-6-11-18-41)32-34-52(49-21-12-7-13-22-49)37-50(3,33-31-38(39)2)51-48-29-27-44(28-30-48)43-25-23-42(24-26-43)40-15-8-5-9-16-40/h5-17,19-22,25,27-32,36,39,41-42,51H,4,18,23-24,26,33-35,37H2,1-3H3/b38-31?,47-32+/t39?,41-,42?,50?/m0/s1. The smallest absolute Gasteiger partial charge is 0.0554 e. The van der Waals surface area contributed by atoms with Crippen LogP contribution in [0.3, 0.4) is 0 Å². The van der Waals surface area contributed by atoms with Crippen molar-refractivity contribution in [3.8, 4) is 0 Å². The Labute approximate surface area is 313 Å². The van der Waals surface area contributed by atoms with Gasteiger partial charge in [-0.05, 0) is 128 Å².